The molecular weight excluding hydrogens is 394 g/mol. The van der Waals surface area contributed by atoms with Crippen molar-refractivity contribution >= 4 is 50.9 Å². The lowest BCUT2D eigenvalue weighted by Crippen LogP contribution is -2.42. The molecule has 0 spiro atoms. The van der Waals surface area contributed by atoms with Gasteiger partial charge >= 0.3 is 5.97 Å². The van der Waals surface area contributed by atoms with Crippen molar-refractivity contribution in [3.8, 4) is 0 Å². The average molecular weight is 406 g/mol. The van der Waals surface area contributed by atoms with Gasteiger partial charge in [-0.25, -0.2) is 13.8 Å². The van der Waals surface area contributed by atoms with E-state index in [2.05, 4.69) is 4.98 Å². The Morgan fingerprint density at radius 2 is 2.07 bits per heavy atom. The summed E-state index contributed by atoms with van der Waals surface area (Å²) in [6.45, 7) is -0.00951. The third-order valence-corrected chi connectivity index (χ3v) is 6.34. The van der Waals surface area contributed by atoms with E-state index in [0.29, 0.717) is 15.4 Å². The zero-order chi connectivity index (χ0) is 19.1. The lowest BCUT2D eigenvalue weighted by molar-refractivity contribution is -0.138. The molecule has 5 nitrogen and oxygen atoms in total. The maximum Gasteiger partial charge on any atom is 0.305 e. The molecule has 0 saturated heterocycles. The second-order valence-corrected chi connectivity index (χ2v) is 8.29. The van der Waals surface area contributed by atoms with Gasteiger partial charge in [-0.05, 0) is 24.3 Å². The fraction of sp³-hybridized carbons (Fsp3) is 0.167. The number of para-hydroxylation sites is 1. The Hall–Kier alpha value is -2.52. The molecule has 1 amide bonds. The summed E-state index contributed by atoms with van der Waals surface area (Å²) in [5.41, 5.74) is 0.587. The van der Waals surface area contributed by atoms with E-state index in [1.165, 1.54) is 40.5 Å². The molecule has 1 N–H and O–H groups in total. The summed E-state index contributed by atoms with van der Waals surface area (Å²) in [5, 5.41) is 8.75. The lowest BCUT2D eigenvalue weighted by Gasteiger charge is -2.32. The second kappa shape index (κ2) is 6.90. The summed E-state index contributed by atoms with van der Waals surface area (Å²) < 4.78 is 28.6. The highest BCUT2D eigenvalue weighted by molar-refractivity contribution is 8.01. The highest BCUT2D eigenvalue weighted by atomic mass is 32.2. The van der Waals surface area contributed by atoms with Gasteiger partial charge in [-0.2, -0.15) is 0 Å². The van der Waals surface area contributed by atoms with Crippen LogP contribution in [0.15, 0.2) is 41.3 Å². The van der Waals surface area contributed by atoms with Gasteiger partial charge in [0.1, 0.15) is 16.6 Å². The molecule has 0 fully saturated rings. The van der Waals surface area contributed by atoms with Crippen molar-refractivity contribution in [3.05, 3.63) is 53.0 Å². The van der Waals surface area contributed by atoms with E-state index in [4.69, 9.17) is 5.11 Å². The molecule has 27 heavy (non-hydrogen) atoms. The number of nitrogens with zero attached hydrogens (tertiary/aromatic N) is 2. The molecule has 1 aromatic heterocycles. The van der Waals surface area contributed by atoms with Gasteiger partial charge in [0.15, 0.2) is 0 Å². The number of benzene rings is 2. The Morgan fingerprint density at radius 3 is 2.85 bits per heavy atom. The fourth-order valence-corrected chi connectivity index (χ4v) is 5.11. The third-order valence-electron chi connectivity index (χ3n) is 4.08. The molecule has 0 saturated carbocycles. The number of amides is 1. The van der Waals surface area contributed by atoms with Crippen LogP contribution in [0.5, 0.6) is 0 Å². The minimum Gasteiger partial charge on any atom is -0.481 e. The molecule has 1 aliphatic heterocycles. The topological polar surface area (TPSA) is 70.5 Å². The molecule has 138 valence electrons. The standard InChI is InChI=1S/C18H12F2N2O3S2/c19-9-4-5-12-11(6-9)21-15(27-12)8-22-17-10(20)2-1-3-13(17)26-14(18(22)25)7-16(23)24/h1-6,14H,7-8H2,(H,23,24). The van der Waals surface area contributed by atoms with Gasteiger partial charge in [0.25, 0.3) is 0 Å². The number of fused-ring (bicyclic) bond motifs is 2. The molecule has 1 atom stereocenters. The second-order valence-electron chi connectivity index (χ2n) is 5.93. The van der Waals surface area contributed by atoms with Crippen molar-refractivity contribution in [2.24, 2.45) is 0 Å². The van der Waals surface area contributed by atoms with Gasteiger partial charge in [0.05, 0.1) is 34.1 Å². The van der Waals surface area contributed by atoms with Crippen LogP contribution in [0.4, 0.5) is 14.5 Å². The van der Waals surface area contributed by atoms with Gasteiger partial charge in [-0.1, -0.05) is 6.07 Å². The maximum atomic E-state index is 14.5. The van der Waals surface area contributed by atoms with Gasteiger partial charge in [-0.3, -0.25) is 9.59 Å². The van der Waals surface area contributed by atoms with Gasteiger partial charge in [0.2, 0.25) is 5.91 Å². The van der Waals surface area contributed by atoms with E-state index in [-0.39, 0.29) is 18.7 Å². The Labute approximate surface area is 160 Å². The van der Waals surface area contributed by atoms with Crippen molar-refractivity contribution in [2.75, 3.05) is 4.90 Å². The first-order chi connectivity index (χ1) is 12.9. The number of carboxylic acids is 1. The minimum atomic E-state index is -1.10. The molecule has 0 radical (unpaired) electrons. The monoisotopic (exact) mass is 406 g/mol. The summed E-state index contributed by atoms with van der Waals surface area (Å²) >= 11 is 2.33. The van der Waals surface area contributed by atoms with E-state index >= 15 is 0 Å². The molecule has 0 bridgehead atoms. The Kier molecular flexibility index (Phi) is 4.56. The molecular formula is C18H12F2N2O3S2. The number of halogens is 2. The van der Waals surface area contributed by atoms with E-state index in [1.807, 2.05) is 0 Å². The average Bonchev–Trinajstić information content (AvgIpc) is 2.99. The molecule has 4 rings (SSSR count). The first-order valence-corrected chi connectivity index (χ1v) is 9.65. The number of carbonyl (C=O) groups is 2. The Bertz CT molecular complexity index is 1070. The van der Waals surface area contributed by atoms with E-state index < -0.39 is 28.8 Å². The van der Waals surface area contributed by atoms with Crippen molar-refractivity contribution in [3.63, 3.8) is 0 Å². The number of anilines is 1. The number of thiazole rings is 1. The van der Waals surface area contributed by atoms with Crippen molar-refractivity contribution < 1.29 is 23.5 Å². The number of hydrogen-bond acceptors (Lipinski definition) is 5. The predicted octanol–water partition coefficient (Wildman–Crippen LogP) is 4.06. The quantitative estimate of drug-likeness (QED) is 0.708. The largest absolute Gasteiger partial charge is 0.481 e. The van der Waals surface area contributed by atoms with Crippen LogP contribution in [0.1, 0.15) is 11.4 Å². The normalized spacial score (nSPS) is 16.6. The van der Waals surface area contributed by atoms with Crippen LogP contribution in [0.3, 0.4) is 0 Å². The van der Waals surface area contributed by atoms with Crippen LogP contribution in [0.25, 0.3) is 10.2 Å². The fourth-order valence-electron chi connectivity index (χ4n) is 2.94. The van der Waals surface area contributed by atoms with E-state index in [0.717, 1.165) is 16.5 Å². The number of carboxylic acid groups (broad SMARTS) is 1. The van der Waals surface area contributed by atoms with Gasteiger partial charge in [-0.15, -0.1) is 23.1 Å². The van der Waals surface area contributed by atoms with Gasteiger partial charge < -0.3 is 10.0 Å². The molecule has 0 aliphatic carbocycles. The number of thioether (sulfide) groups is 1. The molecule has 1 aliphatic rings. The minimum absolute atomic E-state index is 0.00951. The number of hydrogen-bond donors (Lipinski definition) is 1. The van der Waals surface area contributed by atoms with E-state index in [9.17, 15) is 18.4 Å². The maximum absolute atomic E-state index is 14.5. The van der Waals surface area contributed by atoms with Crippen LogP contribution >= 0.6 is 23.1 Å². The zero-order valence-electron chi connectivity index (χ0n) is 13.7. The highest BCUT2D eigenvalue weighted by Gasteiger charge is 2.37. The molecule has 2 aromatic carbocycles. The predicted molar refractivity (Wildman–Crippen MR) is 99.1 cm³/mol. The molecule has 9 heteroatoms. The Morgan fingerprint density at radius 1 is 1.26 bits per heavy atom. The van der Waals surface area contributed by atoms with Crippen molar-refractivity contribution in [2.45, 2.75) is 23.1 Å². The van der Waals surface area contributed by atoms with Crippen LogP contribution in [0.2, 0.25) is 0 Å². The highest BCUT2D eigenvalue weighted by Crippen LogP contribution is 2.42. The number of aromatic nitrogens is 1. The van der Waals surface area contributed by atoms with Crippen LogP contribution in [-0.4, -0.2) is 27.2 Å². The summed E-state index contributed by atoms with van der Waals surface area (Å²) in [6.07, 6.45) is -0.360. The molecule has 3 aromatic rings. The van der Waals surface area contributed by atoms with Gasteiger partial charge in [0, 0.05) is 11.0 Å². The van der Waals surface area contributed by atoms with E-state index in [1.54, 1.807) is 12.1 Å². The number of rotatable bonds is 4. The first-order valence-electron chi connectivity index (χ1n) is 7.95. The van der Waals surface area contributed by atoms with Crippen LogP contribution in [-0.2, 0) is 16.1 Å². The van der Waals surface area contributed by atoms with Crippen LogP contribution in [0, 0.1) is 11.6 Å². The van der Waals surface area contributed by atoms with Crippen molar-refractivity contribution in [1.29, 1.82) is 0 Å². The molecule has 2 heterocycles. The number of carbonyl (C=O) groups excluding carboxylic acids is 1. The number of aliphatic carboxylic acids is 1. The SMILES string of the molecule is O=C(O)CC1Sc2cccc(F)c2N(Cc2nc3cc(F)ccc3s2)C1=O. The summed E-state index contributed by atoms with van der Waals surface area (Å²) in [5.74, 6) is -2.56. The third kappa shape index (κ3) is 3.40. The summed E-state index contributed by atoms with van der Waals surface area (Å²) in [7, 11) is 0. The Balaban J connectivity index is 1.74. The smallest absolute Gasteiger partial charge is 0.305 e. The molecule has 1 unspecified atom stereocenters. The summed E-state index contributed by atoms with van der Waals surface area (Å²) in [6, 6.07) is 8.65. The van der Waals surface area contributed by atoms with Crippen LogP contribution < -0.4 is 4.90 Å². The lowest BCUT2D eigenvalue weighted by atomic mass is 10.2. The first kappa shape index (κ1) is 17.9. The van der Waals surface area contributed by atoms with Crippen molar-refractivity contribution in [1.82, 2.24) is 4.98 Å². The summed E-state index contributed by atoms with van der Waals surface area (Å²) in [4.78, 5) is 30.0. The zero-order valence-corrected chi connectivity index (χ0v) is 15.3.